The normalized spacial score (nSPS) is 9.89. The van der Waals surface area contributed by atoms with Crippen LogP contribution in [0.4, 0.5) is 8.78 Å². The average molecular weight is 244 g/mol. The number of halogens is 2. The Balaban J connectivity index is 2.59. The Hall–Kier alpha value is -2.34. The zero-order chi connectivity index (χ0) is 13.1. The van der Waals surface area contributed by atoms with Gasteiger partial charge in [-0.3, -0.25) is 0 Å². The SMILES string of the molecule is C#Cc1cc(F)cc(F)c1-c1ccc(OC)cc1. The van der Waals surface area contributed by atoms with Crippen LogP contribution in [0, 0.1) is 24.0 Å². The molecule has 90 valence electrons. The largest absolute Gasteiger partial charge is 0.497 e. The van der Waals surface area contributed by atoms with Crippen molar-refractivity contribution in [3.05, 3.63) is 53.6 Å². The third-order valence-electron chi connectivity index (χ3n) is 2.59. The molecule has 0 atom stereocenters. The van der Waals surface area contributed by atoms with E-state index in [9.17, 15) is 8.78 Å². The van der Waals surface area contributed by atoms with E-state index in [1.165, 1.54) is 0 Å². The molecule has 1 nitrogen and oxygen atoms in total. The Morgan fingerprint density at radius 2 is 1.78 bits per heavy atom. The summed E-state index contributed by atoms with van der Waals surface area (Å²) in [6.07, 6.45) is 5.27. The van der Waals surface area contributed by atoms with Crippen molar-refractivity contribution in [2.45, 2.75) is 0 Å². The van der Waals surface area contributed by atoms with Gasteiger partial charge in [0.25, 0.3) is 0 Å². The first-order valence-electron chi connectivity index (χ1n) is 5.26. The zero-order valence-electron chi connectivity index (χ0n) is 9.71. The van der Waals surface area contributed by atoms with E-state index in [2.05, 4.69) is 5.92 Å². The molecule has 0 bridgehead atoms. The fourth-order valence-corrected chi connectivity index (χ4v) is 1.74. The van der Waals surface area contributed by atoms with Crippen LogP contribution in [-0.4, -0.2) is 7.11 Å². The number of hydrogen-bond donors (Lipinski definition) is 0. The highest BCUT2D eigenvalue weighted by atomic mass is 19.1. The molecule has 0 aliphatic rings. The van der Waals surface area contributed by atoms with Crippen molar-refractivity contribution in [1.82, 2.24) is 0 Å². The minimum atomic E-state index is -0.683. The van der Waals surface area contributed by atoms with Crippen LogP contribution in [0.25, 0.3) is 11.1 Å². The van der Waals surface area contributed by atoms with Crippen LogP contribution < -0.4 is 4.74 Å². The van der Waals surface area contributed by atoms with Gasteiger partial charge in [-0.2, -0.15) is 0 Å². The van der Waals surface area contributed by atoms with Crippen LogP contribution in [0.1, 0.15) is 5.56 Å². The van der Waals surface area contributed by atoms with Crippen molar-refractivity contribution in [2.24, 2.45) is 0 Å². The second-order valence-electron chi connectivity index (χ2n) is 3.68. The van der Waals surface area contributed by atoms with Gasteiger partial charge in [0.2, 0.25) is 0 Å². The summed E-state index contributed by atoms with van der Waals surface area (Å²) in [4.78, 5) is 0. The second kappa shape index (κ2) is 4.89. The monoisotopic (exact) mass is 244 g/mol. The fraction of sp³-hybridized carbons (Fsp3) is 0.0667. The molecule has 2 aromatic carbocycles. The third-order valence-corrected chi connectivity index (χ3v) is 2.59. The van der Waals surface area contributed by atoms with Gasteiger partial charge in [-0.05, 0) is 23.8 Å². The van der Waals surface area contributed by atoms with Crippen LogP contribution in [0.15, 0.2) is 36.4 Å². The Morgan fingerprint density at radius 1 is 1.11 bits per heavy atom. The van der Waals surface area contributed by atoms with Gasteiger partial charge in [0, 0.05) is 17.2 Å². The van der Waals surface area contributed by atoms with Crippen LogP contribution in [0.3, 0.4) is 0 Å². The van der Waals surface area contributed by atoms with Gasteiger partial charge in [0.15, 0.2) is 0 Å². The fourth-order valence-electron chi connectivity index (χ4n) is 1.74. The highest BCUT2D eigenvalue weighted by Gasteiger charge is 2.12. The maximum absolute atomic E-state index is 13.8. The first kappa shape index (κ1) is 12.1. The predicted octanol–water partition coefficient (Wildman–Crippen LogP) is 3.62. The van der Waals surface area contributed by atoms with E-state index in [4.69, 9.17) is 11.2 Å². The molecular weight excluding hydrogens is 234 g/mol. The van der Waals surface area contributed by atoms with Gasteiger partial charge in [-0.25, -0.2) is 8.78 Å². The van der Waals surface area contributed by atoms with Gasteiger partial charge in [-0.15, -0.1) is 6.42 Å². The van der Waals surface area contributed by atoms with Crippen molar-refractivity contribution in [2.75, 3.05) is 7.11 Å². The van der Waals surface area contributed by atoms with E-state index in [1.807, 2.05) is 0 Å². The molecule has 0 radical (unpaired) electrons. The molecule has 0 aliphatic carbocycles. The lowest BCUT2D eigenvalue weighted by molar-refractivity contribution is 0.415. The second-order valence-corrected chi connectivity index (χ2v) is 3.68. The van der Waals surface area contributed by atoms with Gasteiger partial charge in [-0.1, -0.05) is 18.1 Å². The number of terminal acetylenes is 1. The molecule has 18 heavy (non-hydrogen) atoms. The quantitative estimate of drug-likeness (QED) is 0.733. The van der Waals surface area contributed by atoms with Crippen molar-refractivity contribution in [1.29, 1.82) is 0 Å². The summed E-state index contributed by atoms with van der Waals surface area (Å²) in [6.45, 7) is 0. The predicted molar refractivity (Wildman–Crippen MR) is 66.3 cm³/mol. The minimum absolute atomic E-state index is 0.192. The Bertz CT molecular complexity index is 610. The van der Waals surface area contributed by atoms with E-state index in [1.54, 1.807) is 31.4 Å². The molecule has 0 N–H and O–H groups in total. The first-order valence-corrected chi connectivity index (χ1v) is 5.26. The van der Waals surface area contributed by atoms with Crippen LogP contribution in [0.5, 0.6) is 5.75 Å². The Labute approximate surface area is 104 Å². The molecule has 2 aromatic rings. The first-order chi connectivity index (χ1) is 8.65. The smallest absolute Gasteiger partial charge is 0.135 e. The van der Waals surface area contributed by atoms with Crippen LogP contribution >= 0.6 is 0 Å². The minimum Gasteiger partial charge on any atom is -0.497 e. The highest BCUT2D eigenvalue weighted by molar-refractivity contribution is 5.72. The Kier molecular flexibility index (Phi) is 3.29. The van der Waals surface area contributed by atoms with Gasteiger partial charge < -0.3 is 4.74 Å². The summed E-state index contributed by atoms with van der Waals surface area (Å²) in [7, 11) is 1.54. The van der Waals surface area contributed by atoms with Gasteiger partial charge >= 0.3 is 0 Å². The van der Waals surface area contributed by atoms with Crippen molar-refractivity contribution in [3.8, 4) is 29.2 Å². The molecule has 3 heteroatoms. The van der Waals surface area contributed by atoms with E-state index >= 15 is 0 Å². The topological polar surface area (TPSA) is 9.23 Å². The van der Waals surface area contributed by atoms with E-state index in [0.29, 0.717) is 11.3 Å². The summed E-state index contributed by atoms with van der Waals surface area (Å²) in [5.41, 5.74) is 1.00. The molecule has 0 saturated heterocycles. The molecule has 0 unspecified atom stereocenters. The highest BCUT2D eigenvalue weighted by Crippen LogP contribution is 2.28. The van der Waals surface area contributed by atoms with E-state index in [0.717, 1.165) is 12.1 Å². The summed E-state index contributed by atoms with van der Waals surface area (Å²) in [5, 5.41) is 0. The number of rotatable bonds is 2. The number of ether oxygens (including phenoxy) is 1. The molecule has 0 heterocycles. The van der Waals surface area contributed by atoms with Crippen molar-refractivity contribution in [3.63, 3.8) is 0 Å². The van der Waals surface area contributed by atoms with Gasteiger partial charge in [0.1, 0.15) is 17.4 Å². The molecule has 0 amide bonds. The molecule has 0 saturated carbocycles. The van der Waals surface area contributed by atoms with Crippen LogP contribution in [0.2, 0.25) is 0 Å². The summed E-state index contributed by atoms with van der Waals surface area (Å²) < 4.78 is 31.9. The molecule has 0 spiro atoms. The molecule has 2 rings (SSSR count). The number of hydrogen-bond acceptors (Lipinski definition) is 1. The number of benzene rings is 2. The lowest BCUT2D eigenvalue weighted by Gasteiger charge is -2.08. The third kappa shape index (κ3) is 2.18. The summed E-state index contributed by atoms with van der Waals surface area (Å²) >= 11 is 0. The maximum atomic E-state index is 13.8. The lowest BCUT2D eigenvalue weighted by atomic mass is 9.99. The Morgan fingerprint density at radius 3 is 2.33 bits per heavy atom. The summed E-state index contributed by atoms with van der Waals surface area (Å²) in [5.74, 6) is 1.59. The standard InChI is InChI=1S/C15H10F2O/c1-3-10-8-12(16)9-14(17)15(10)11-4-6-13(18-2)7-5-11/h1,4-9H,2H3. The molecule has 0 aromatic heterocycles. The van der Waals surface area contributed by atoms with E-state index in [-0.39, 0.29) is 11.1 Å². The molecule has 0 fully saturated rings. The number of methoxy groups -OCH3 is 1. The average Bonchev–Trinajstić information content (AvgIpc) is 2.38. The van der Waals surface area contributed by atoms with Crippen molar-refractivity contribution < 1.29 is 13.5 Å². The molecule has 0 aliphatic heterocycles. The maximum Gasteiger partial charge on any atom is 0.135 e. The van der Waals surface area contributed by atoms with E-state index < -0.39 is 11.6 Å². The zero-order valence-corrected chi connectivity index (χ0v) is 9.71. The summed E-state index contributed by atoms with van der Waals surface area (Å²) in [6, 6.07) is 8.70. The van der Waals surface area contributed by atoms with Crippen LogP contribution in [-0.2, 0) is 0 Å². The van der Waals surface area contributed by atoms with Gasteiger partial charge in [0.05, 0.1) is 7.11 Å². The lowest BCUT2D eigenvalue weighted by Crippen LogP contribution is -1.92. The van der Waals surface area contributed by atoms with Crippen molar-refractivity contribution >= 4 is 0 Å². The molecular formula is C15H10F2O.